The van der Waals surface area contributed by atoms with Crippen LogP contribution in [0.4, 0.5) is 0 Å². The van der Waals surface area contributed by atoms with Gasteiger partial charge in [0.2, 0.25) is 0 Å². The molecule has 0 atom stereocenters. The van der Waals surface area contributed by atoms with Crippen molar-refractivity contribution in [1.82, 2.24) is 9.97 Å². The third-order valence-corrected chi connectivity index (χ3v) is 2.12. The van der Waals surface area contributed by atoms with Crippen LogP contribution in [0.15, 0.2) is 36.9 Å². The van der Waals surface area contributed by atoms with Crippen LogP contribution < -0.4 is 0 Å². The fourth-order valence-corrected chi connectivity index (χ4v) is 1.59. The summed E-state index contributed by atoms with van der Waals surface area (Å²) in [6.45, 7) is 8.20. The Bertz CT molecular complexity index is 415. The maximum absolute atomic E-state index is 4.01. The molecule has 0 aliphatic rings. The molecule has 1 aromatic heterocycles. The van der Waals surface area contributed by atoms with Crippen LogP contribution in [-0.4, -0.2) is 9.97 Å². The summed E-state index contributed by atoms with van der Waals surface area (Å²) in [6, 6.07) is 6.45. The van der Waals surface area contributed by atoms with E-state index in [1.165, 1.54) is 16.7 Å². The molecule has 0 fully saturated rings. The van der Waals surface area contributed by atoms with Crippen LogP contribution in [0.2, 0.25) is 0 Å². The Labute approximate surface area is 97.4 Å². The predicted molar refractivity (Wildman–Crippen MR) is 68.3 cm³/mol. The maximum atomic E-state index is 4.01. The lowest BCUT2D eigenvalue weighted by Gasteiger charge is -2.03. The van der Waals surface area contributed by atoms with Crippen LogP contribution in [0.1, 0.15) is 25.0 Å². The molecule has 84 valence electrons. The van der Waals surface area contributed by atoms with Crippen molar-refractivity contribution in [3.8, 4) is 11.1 Å². The SMILES string of the molecule is CC.Cc1cc(C)cc(-c2cncnc2)c1. The molecule has 0 amide bonds. The summed E-state index contributed by atoms with van der Waals surface area (Å²) in [5.41, 5.74) is 4.79. The third-order valence-electron chi connectivity index (χ3n) is 2.12. The highest BCUT2D eigenvalue weighted by Gasteiger charge is 1.98. The molecule has 1 heterocycles. The monoisotopic (exact) mass is 214 g/mol. The largest absolute Gasteiger partial charge is 0.244 e. The molecule has 2 heteroatoms. The molecule has 0 saturated carbocycles. The first kappa shape index (κ1) is 12.4. The normalized spacial score (nSPS) is 9.25. The lowest BCUT2D eigenvalue weighted by atomic mass is 10.0. The van der Waals surface area contributed by atoms with E-state index in [-0.39, 0.29) is 0 Å². The lowest BCUT2D eigenvalue weighted by molar-refractivity contribution is 1.17. The van der Waals surface area contributed by atoms with Crippen LogP contribution >= 0.6 is 0 Å². The zero-order chi connectivity index (χ0) is 12.0. The van der Waals surface area contributed by atoms with Gasteiger partial charge in [-0.1, -0.05) is 43.2 Å². The van der Waals surface area contributed by atoms with Gasteiger partial charge in [0, 0.05) is 18.0 Å². The highest BCUT2D eigenvalue weighted by atomic mass is 14.8. The number of hydrogen-bond acceptors (Lipinski definition) is 2. The van der Waals surface area contributed by atoms with Gasteiger partial charge < -0.3 is 0 Å². The summed E-state index contributed by atoms with van der Waals surface area (Å²) < 4.78 is 0. The standard InChI is InChI=1S/C12H12N2.C2H6/c1-9-3-10(2)5-11(4-9)12-6-13-8-14-7-12;1-2/h3-8H,1-2H3;1-2H3. The average molecular weight is 214 g/mol. The van der Waals surface area contributed by atoms with Crippen LogP contribution in [-0.2, 0) is 0 Å². The molecule has 0 aliphatic heterocycles. The van der Waals surface area contributed by atoms with E-state index in [0.29, 0.717) is 0 Å². The molecule has 0 unspecified atom stereocenters. The van der Waals surface area contributed by atoms with Gasteiger partial charge in [-0.15, -0.1) is 0 Å². The van der Waals surface area contributed by atoms with Gasteiger partial charge in [0.15, 0.2) is 0 Å². The molecule has 0 aliphatic carbocycles. The molecule has 0 radical (unpaired) electrons. The van der Waals surface area contributed by atoms with Crippen molar-refractivity contribution in [3.05, 3.63) is 48.0 Å². The predicted octanol–water partition coefficient (Wildman–Crippen LogP) is 3.79. The second kappa shape index (κ2) is 6.01. The molecular formula is C14H18N2. The summed E-state index contributed by atoms with van der Waals surface area (Å²) >= 11 is 0. The van der Waals surface area contributed by atoms with E-state index in [0.717, 1.165) is 5.56 Å². The molecule has 0 N–H and O–H groups in total. The molecule has 2 aromatic rings. The Morgan fingerprint density at radius 1 is 0.750 bits per heavy atom. The second-order valence-electron chi connectivity index (χ2n) is 3.50. The first-order valence-electron chi connectivity index (χ1n) is 5.59. The van der Waals surface area contributed by atoms with Crippen molar-refractivity contribution < 1.29 is 0 Å². The molecule has 0 bridgehead atoms. The summed E-state index contributed by atoms with van der Waals surface area (Å²) in [4.78, 5) is 8.02. The Balaban J connectivity index is 0.000000606. The molecule has 2 nitrogen and oxygen atoms in total. The van der Waals surface area contributed by atoms with Crippen LogP contribution in [0.25, 0.3) is 11.1 Å². The van der Waals surface area contributed by atoms with Gasteiger partial charge in [0.25, 0.3) is 0 Å². The van der Waals surface area contributed by atoms with E-state index < -0.39 is 0 Å². The Hall–Kier alpha value is -1.70. The van der Waals surface area contributed by atoms with Gasteiger partial charge in [-0.05, 0) is 19.4 Å². The minimum absolute atomic E-state index is 1.07. The van der Waals surface area contributed by atoms with Crippen molar-refractivity contribution in [2.45, 2.75) is 27.7 Å². The molecule has 16 heavy (non-hydrogen) atoms. The minimum atomic E-state index is 1.07. The summed E-state index contributed by atoms with van der Waals surface area (Å²) in [7, 11) is 0. The van der Waals surface area contributed by atoms with Gasteiger partial charge in [-0.3, -0.25) is 0 Å². The van der Waals surface area contributed by atoms with Gasteiger partial charge in [0.1, 0.15) is 6.33 Å². The van der Waals surface area contributed by atoms with E-state index >= 15 is 0 Å². The number of hydrogen-bond donors (Lipinski definition) is 0. The minimum Gasteiger partial charge on any atom is -0.244 e. The van der Waals surface area contributed by atoms with Crippen LogP contribution in [0, 0.1) is 13.8 Å². The Kier molecular flexibility index (Phi) is 4.65. The fraction of sp³-hybridized carbons (Fsp3) is 0.286. The van der Waals surface area contributed by atoms with Gasteiger partial charge in [-0.2, -0.15) is 0 Å². The van der Waals surface area contributed by atoms with Gasteiger partial charge in [-0.25, -0.2) is 9.97 Å². The van der Waals surface area contributed by atoms with Crippen molar-refractivity contribution in [3.63, 3.8) is 0 Å². The Morgan fingerprint density at radius 3 is 1.75 bits per heavy atom. The van der Waals surface area contributed by atoms with E-state index in [9.17, 15) is 0 Å². The average Bonchev–Trinajstić information content (AvgIpc) is 2.32. The highest BCUT2D eigenvalue weighted by molar-refractivity contribution is 5.63. The van der Waals surface area contributed by atoms with Gasteiger partial charge in [0.05, 0.1) is 0 Å². The maximum Gasteiger partial charge on any atom is 0.115 e. The van der Waals surface area contributed by atoms with Crippen molar-refractivity contribution in [2.75, 3.05) is 0 Å². The van der Waals surface area contributed by atoms with Gasteiger partial charge >= 0.3 is 0 Å². The number of aryl methyl sites for hydroxylation is 2. The number of benzene rings is 1. The summed E-state index contributed by atoms with van der Waals surface area (Å²) in [6.07, 6.45) is 5.22. The molecule has 0 saturated heterocycles. The topological polar surface area (TPSA) is 25.8 Å². The van der Waals surface area contributed by atoms with E-state index in [4.69, 9.17) is 0 Å². The van der Waals surface area contributed by atoms with Crippen molar-refractivity contribution >= 4 is 0 Å². The first-order valence-corrected chi connectivity index (χ1v) is 5.59. The lowest BCUT2D eigenvalue weighted by Crippen LogP contribution is -1.84. The molecule has 1 aromatic carbocycles. The number of nitrogens with zero attached hydrogens (tertiary/aromatic N) is 2. The second-order valence-corrected chi connectivity index (χ2v) is 3.50. The van der Waals surface area contributed by atoms with Crippen LogP contribution in [0.5, 0.6) is 0 Å². The number of rotatable bonds is 1. The van der Waals surface area contributed by atoms with Crippen molar-refractivity contribution in [1.29, 1.82) is 0 Å². The molecular weight excluding hydrogens is 196 g/mol. The summed E-state index contributed by atoms with van der Waals surface area (Å²) in [5, 5.41) is 0. The summed E-state index contributed by atoms with van der Waals surface area (Å²) in [5.74, 6) is 0. The smallest absolute Gasteiger partial charge is 0.115 e. The Morgan fingerprint density at radius 2 is 1.25 bits per heavy atom. The highest BCUT2D eigenvalue weighted by Crippen LogP contribution is 2.20. The molecule has 2 rings (SSSR count). The quantitative estimate of drug-likeness (QED) is 0.721. The van der Waals surface area contributed by atoms with E-state index in [2.05, 4.69) is 42.0 Å². The van der Waals surface area contributed by atoms with Crippen LogP contribution in [0.3, 0.4) is 0 Å². The zero-order valence-corrected chi connectivity index (χ0v) is 10.4. The van der Waals surface area contributed by atoms with Crippen molar-refractivity contribution in [2.24, 2.45) is 0 Å². The fourth-order valence-electron chi connectivity index (χ4n) is 1.59. The van der Waals surface area contributed by atoms with E-state index in [1.807, 2.05) is 26.2 Å². The number of aromatic nitrogens is 2. The third kappa shape index (κ3) is 3.16. The zero-order valence-electron chi connectivity index (χ0n) is 10.4. The first-order chi connectivity index (χ1) is 7.75. The molecule has 0 spiro atoms. The van der Waals surface area contributed by atoms with E-state index in [1.54, 1.807) is 6.33 Å².